The molecule has 0 heterocycles. The summed E-state index contributed by atoms with van der Waals surface area (Å²) in [5, 5.41) is 2.98. The minimum absolute atomic E-state index is 0.0677. The van der Waals surface area contributed by atoms with Crippen LogP contribution >= 0.6 is 11.8 Å². The Bertz CT molecular complexity index is 855. The van der Waals surface area contributed by atoms with Gasteiger partial charge in [0.1, 0.15) is 11.9 Å². The maximum absolute atomic E-state index is 13.2. The van der Waals surface area contributed by atoms with Crippen LogP contribution in [0.5, 0.6) is 0 Å². The Labute approximate surface area is 189 Å². The number of carbonyl (C=O) groups excluding carboxylic acids is 2. The smallest absolute Gasteiger partial charge is 0.242 e. The third-order valence-electron chi connectivity index (χ3n) is 5.08. The molecule has 6 heteroatoms. The van der Waals surface area contributed by atoms with Gasteiger partial charge in [-0.05, 0) is 48.1 Å². The molecule has 0 aromatic heterocycles. The highest BCUT2D eigenvalue weighted by Gasteiger charge is 2.28. The van der Waals surface area contributed by atoms with Crippen LogP contribution in [0, 0.1) is 18.7 Å². The molecule has 0 unspecified atom stereocenters. The summed E-state index contributed by atoms with van der Waals surface area (Å²) in [6.45, 7) is 9.02. The van der Waals surface area contributed by atoms with E-state index in [-0.39, 0.29) is 23.4 Å². The Balaban J connectivity index is 2.12. The highest BCUT2D eigenvalue weighted by atomic mass is 32.2. The van der Waals surface area contributed by atoms with E-state index in [0.717, 1.165) is 16.7 Å². The molecule has 2 amide bonds. The normalized spacial score (nSPS) is 11.9. The maximum Gasteiger partial charge on any atom is 0.242 e. The van der Waals surface area contributed by atoms with Crippen LogP contribution in [-0.4, -0.2) is 35.1 Å². The van der Waals surface area contributed by atoms with Crippen molar-refractivity contribution in [2.24, 2.45) is 5.92 Å². The van der Waals surface area contributed by atoms with E-state index in [1.165, 1.54) is 23.9 Å². The van der Waals surface area contributed by atoms with E-state index in [2.05, 4.69) is 5.32 Å². The first-order valence-corrected chi connectivity index (χ1v) is 11.9. The minimum Gasteiger partial charge on any atom is -0.354 e. The SMILES string of the molecule is CC[C@H](C(=O)NCC(C)C)N(Cc1ccccc1C)C(=O)CSCc1ccc(F)cc1. The molecule has 0 aliphatic carbocycles. The highest BCUT2D eigenvalue weighted by molar-refractivity contribution is 7.99. The molecule has 0 fully saturated rings. The third-order valence-corrected chi connectivity index (χ3v) is 6.07. The lowest BCUT2D eigenvalue weighted by atomic mass is 10.1. The molecule has 2 aromatic rings. The zero-order chi connectivity index (χ0) is 22.8. The van der Waals surface area contributed by atoms with E-state index in [4.69, 9.17) is 0 Å². The van der Waals surface area contributed by atoms with Crippen LogP contribution in [-0.2, 0) is 21.9 Å². The molecule has 0 bridgehead atoms. The van der Waals surface area contributed by atoms with Crippen molar-refractivity contribution in [1.29, 1.82) is 0 Å². The summed E-state index contributed by atoms with van der Waals surface area (Å²) < 4.78 is 13.1. The van der Waals surface area contributed by atoms with Crippen LogP contribution in [0.1, 0.15) is 43.9 Å². The van der Waals surface area contributed by atoms with Crippen LogP contribution in [0.3, 0.4) is 0 Å². The molecule has 0 spiro atoms. The number of rotatable bonds is 11. The van der Waals surface area contributed by atoms with Crippen LogP contribution in [0.25, 0.3) is 0 Å². The standard InChI is InChI=1S/C25H33FN2O2S/c1-5-23(25(30)27-14-18(2)3)28(15-21-9-7-6-8-19(21)4)24(29)17-31-16-20-10-12-22(26)13-11-20/h6-13,18,23H,5,14-17H2,1-4H3,(H,27,30)/t23-/m1/s1. The summed E-state index contributed by atoms with van der Waals surface area (Å²) in [6.07, 6.45) is 0.546. The van der Waals surface area contributed by atoms with Crippen LogP contribution < -0.4 is 5.32 Å². The van der Waals surface area contributed by atoms with Gasteiger partial charge in [0.2, 0.25) is 11.8 Å². The van der Waals surface area contributed by atoms with Crippen molar-refractivity contribution in [2.45, 2.75) is 52.5 Å². The number of halogens is 1. The van der Waals surface area contributed by atoms with E-state index in [1.54, 1.807) is 17.0 Å². The molecule has 0 saturated carbocycles. The van der Waals surface area contributed by atoms with E-state index in [9.17, 15) is 14.0 Å². The van der Waals surface area contributed by atoms with Gasteiger partial charge in [0.25, 0.3) is 0 Å². The lowest BCUT2D eigenvalue weighted by Crippen LogP contribution is -2.50. The van der Waals surface area contributed by atoms with Gasteiger partial charge < -0.3 is 10.2 Å². The van der Waals surface area contributed by atoms with Gasteiger partial charge in [0.05, 0.1) is 5.75 Å². The number of nitrogens with zero attached hydrogens (tertiary/aromatic N) is 1. The maximum atomic E-state index is 13.2. The predicted octanol–water partition coefficient (Wildman–Crippen LogP) is 4.95. The molecule has 4 nitrogen and oxygen atoms in total. The van der Waals surface area contributed by atoms with Gasteiger partial charge in [-0.3, -0.25) is 9.59 Å². The number of nitrogens with one attached hydrogen (secondary N) is 1. The molecule has 2 rings (SSSR count). The minimum atomic E-state index is -0.516. The van der Waals surface area contributed by atoms with E-state index in [0.29, 0.717) is 31.2 Å². The number of amides is 2. The zero-order valence-corrected chi connectivity index (χ0v) is 19.7. The molecule has 168 valence electrons. The van der Waals surface area contributed by atoms with Crippen molar-refractivity contribution in [2.75, 3.05) is 12.3 Å². The van der Waals surface area contributed by atoms with Gasteiger partial charge in [0.15, 0.2) is 0 Å². The first kappa shape index (κ1) is 24.9. The fourth-order valence-corrected chi connectivity index (χ4v) is 4.10. The topological polar surface area (TPSA) is 49.4 Å². The van der Waals surface area contributed by atoms with Crippen molar-refractivity contribution < 1.29 is 14.0 Å². The first-order valence-electron chi connectivity index (χ1n) is 10.8. The fourth-order valence-electron chi connectivity index (χ4n) is 3.23. The van der Waals surface area contributed by atoms with Gasteiger partial charge in [-0.15, -0.1) is 11.8 Å². The molecule has 0 radical (unpaired) electrons. The molecule has 2 aromatic carbocycles. The molecule has 0 saturated heterocycles. The number of hydrogen-bond donors (Lipinski definition) is 1. The highest BCUT2D eigenvalue weighted by Crippen LogP contribution is 2.19. The second kappa shape index (κ2) is 12.5. The van der Waals surface area contributed by atoms with Crippen molar-refractivity contribution in [1.82, 2.24) is 10.2 Å². The van der Waals surface area contributed by atoms with Crippen molar-refractivity contribution in [3.63, 3.8) is 0 Å². The molecule has 0 aliphatic heterocycles. The molecule has 1 atom stereocenters. The molecular weight excluding hydrogens is 411 g/mol. The third kappa shape index (κ3) is 8.02. The fraction of sp³-hybridized carbons (Fsp3) is 0.440. The number of thioether (sulfide) groups is 1. The van der Waals surface area contributed by atoms with Gasteiger partial charge in [0, 0.05) is 18.8 Å². The Morgan fingerprint density at radius 3 is 2.39 bits per heavy atom. The van der Waals surface area contributed by atoms with Gasteiger partial charge >= 0.3 is 0 Å². The Morgan fingerprint density at radius 1 is 1.10 bits per heavy atom. The van der Waals surface area contributed by atoms with Crippen molar-refractivity contribution in [3.8, 4) is 0 Å². The number of carbonyl (C=O) groups is 2. The average Bonchev–Trinajstić information content (AvgIpc) is 2.74. The summed E-state index contributed by atoms with van der Waals surface area (Å²) in [7, 11) is 0. The lowest BCUT2D eigenvalue weighted by Gasteiger charge is -2.31. The number of hydrogen-bond acceptors (Lipinski definition) is 3. The lowest BCUT2D eigenvalue weighted by molar-refractivity contribution is -0.139. The van der Waals surface area contributed by atoms with Gasteiger partial charge in [-0.1, -0.05) is 57.2 Å². The summed E-state index contributed by atoms with van der Waals surface area (Å²) in [6, 6.07) is 13.7. The summed E-state index contributed by atoms with van der Waals surface area (Å²) in [4.78, 5) is 27.8. The van der Waals surface area contributed by atoms with Gasteiger partial charge in [-0.2, -0.15) is 0 Å². The number of benzene rings is 2. The zero-order valence-electron chi connectivity index (χ0n) is 18.9. The molecule has 31 heavy (non-hydrogen) atoms. The summed E-state index contributed by atoms with van der Waals surface area (Å²) >= 11 is 1.48. The molecule has 0 aliphatic rings. The number of aryl methyl sites for hydroxylation is 1. The average molecular weight is 445 g/mol. The Hall–Kier alpha value is -2.34. The van der Waals surface area contributed by atoms with Crippen LogP contribution in [0.15, 0.2) is 48.5 Å². The van der Waals surface area contributed by atoms with E-state index < -0.39 is 6.04 Å². The second-order valence-electron chi connectivity index (χ2n) is 8.13. The largest absolute Gasteiger partial charge is 0.354 e. The molecule has 1 N–H and O–H groups in total. The van der Waals surface area contributed by atoms with Gasteiger partial charge in [-0.25, -0.2) is 4.39 Å². The summed E-state index contributed by atoms with van der Waals surface area (Å²) in [5.74, 6) is 0.766. The Morgan fingerprint density at radius 2 is 1.77 bits per heavy atom. The quantitative estimate of drug-likeness (QED) is 0.534. The van der Waals surface area contributed by atoms with E-state index in [1.807, 2.05) is 52.0 Å². The second-order valence-corrected chi connectivity index (χ2v) is 9.12. The van der Waals surface area contributed by atoms with Crippen molar-refractivity contribution >= 4 is 23.6 Å². The van der Waals surface area contributed by atoms with Crippen LogP contribution in [0.4, 0.5) is 4.39 Å². The Kier molecular flexibility index (Phi) is 10.0. The monoisotopic (exact) mass is 444 g/mol. The first-order chi connectivity index (χ1) is 14.8. The van der Waals surface area contributed by atoms with Crippen molar-refractivity contribution in [3.05, 3.63) is 71.0 Å². The van der Waals surface area contributed by atoms with Crippen LogP contribution in [0.2, 0.25) is 0 Å². The predicted molar refractivity (Wildman–Crippen MR) is 126 cm³/mol. The molecular formula is C25H33FN2O2S. The van der Waals surface area contributed by atoms with E-state index >= 15 is 0 Å². The summed E-state index contributed by atoms with van der Waals surface area (Å²) in [5.41, 5.74) is 3.09.